The zero-order valence-corrected chi connectivity index (χ0v) is 15.5. The molecule has 28 heavy (non-hydrogen) atoms. The van der Waals surface area contributed by atoms with Crippen molar-refractivity contribution >= 4 is 28.7 Å². The minimum absolute atomic E-state index is 0.0469. The van der Waals surface area contributed by atoms with Crippen LogP contribution >= 0.6 is 0 Å². The Hall–Kier alpha value is -3.48. The Morgan fingerprint density at radius 2 is 1.82 bits per heavy atom. The van der Waals surface area contributed by atoms with Crippen molar-refractivity contribution in [2.75, 3.05) is 12.3 Å². The second-order valence-electron chi connectivity index (χ2n) is 6.69. The number of nitrogens with zero attached hydrogens (tertiary/aromatic N) is 3. The minimum Gasteiger partial charge on any atom is -0.466 e. The monoisotopic (exact) mass is 376 g/mol. The molecule has 0 unspecified atom stereocenters. The van der Waals surface area contributed by atoms with E-state index in [-0.39, 0.29) is 29.9 Å². The molecule has 1 aliphatic heterocycles. The van der Waals surface area contributed by atoms with Crippen molar-refractivity contribution in [1.29, 1.82) is 0 Å². The fraction of sp³-hybridized carbons (Fsp3) is 0.238. The molecule has 7 heteroatoms. The van der Waals surface area contributed by atoms with Crippen LogP contribution in [-0.2, 0) is 29.0 Å². The van der Waals surface area contributed by atoms with E-state index in [9.17, 15) is 9.59 Å². The Kier molecular flexibility index (Phi) is 4.65. The highest BCUT2D eigenvalue weighted by molar-refractivity contribution is 6.05. The smallest absolute Gasteiger partial charge is 0.310 e. The summed E-state index contributed by atoms with van der Waals surface area (Å²) in [5.74, 6) is -0.477. The third-order valence-corrected chi connectivity index (χ3v) is 4.76. The zero-order valence-electron chi connectivity index (χ0n) is 15.5. The number of hydrogen-bond donors (Lipinski definition) is 1. The summed E-state index contributed by atoms with van der Waals surface area (Å²) in [6.07, 6.45) is 0.122. The normalized spacial score (nSPS) is 12.8. The molecule has 1 aromatic heterocycles. The van der Waals surface area contributed by atoms with E-state index in [1.54, 1.807) is 30.0 Å². The number of esters is 1. The Balaban J connectivity index is 1.69. The van der Waals surface area contributed by atoms with E-state index in [1.807, 2.05) is 24.3 Å². The zero-order chi connectivity index (χ0) is 19.7. The van der Waals surface area contributed by atoms with Gasteiger partial charge < -0.3 is 15.4 Å². The maximum absolute atomic E-state index is 13.2. The lowest BCUT2D eigenvalue weighted by molar-refractivity contribution is -0.142. The molecule has 1 amide bonds. The third-order valence-electron chi connectivity index (χ3n) is 4.76. The summed E-state index contributed by atoms with van der Waals surface area (Å²) in [5, 5.41) is 0.581. The molecule has 0 radical (unpaired) electrons. The summed E-state index contributed by atoms with van der Waals surface area (Å²) in [5.41, 5.74) is 9.65. The molecular formula is C21H20N4O3. The molecule has 4 rings (SSSR count). The Labute approximate surface area is 162 Å². The second-order valence-corrected chi connectivity index (χ2v) is 6.69. The number of amides is 1. The summed E-state index contributed by atoms with van der Waals surface area (Å²) in [6.45, 7) is 3.15. The van der Waals surface area contributed by atoms with Crippen molar-refractivity contribution in [3.8, 4) is 0 Å². The molecule has 0 fully saturated rings. The van der Waals surface area contributed by atoms with Crippen LogP contribution < -0.4 is 5.73 Å². The van der Waals surface area contributed by atoms with Gasteiger partial charge in [0.15, 0.2) is 0 Å². The standard InChI is InChI=1S/C21H20N4O3/c1-2-28-18(26)10-13-7-8-17-16(9-13)19(24-21(22)23-17)20(27)25-11-14-5-3-4-6-15(14)12-25/h3-9H,2,10-12H2,1H3,(H2,22,23,24). The lowest BCUT2D eigenvalue weighted by Gasteiger charge is -2.16. The quantitative estimate of drug-likeness (QED) is 0.703. The molecule has 3 aromatic rings. The molecular weight excluding hydrogens is 356 g/mol. The molecule has 2 N–H and O–H groups in total. The van der Waals surface area contributed by atoms with Crippen LogP contribution in [0.1, 0.15) is 34.1 Å². The van der Waals surface area contributed by atoms with E-state index in [2.05, 4.69) is 9.97 Å². The molecule has 0 atom stereocenters. The van der Waals surface area contributed by atoms with Crippen LogP contribution in [0.2, 0.25) is 0 Å². The highest BCUT2D eigenvalue weighted by atomic mass is 16.5. The number of rotatable bonds is 4. The van der Waals surface area contributed by atoms with Crippen LogP contribution in [0.4, 0.5) is 5.95 Å². The fourth-order valence-corrected chi connectivity index (χ4v) is 3.47. The number of anilines is 1. The van der Waals surface area contributed by atoms with Gasteiger partial charge in [-0.05, 0) is 35.7 Å². The third kappa shape index (κ3) is 3.38. The topological polar surface area (TPSA) is 98.4 Å². The SMILES string of the molecule is CCOC(=O)Cc1ccc2nc(N)nc(C(=O)N3Cc4ccccc4C3)c2c1. The van der Waals surface area contributed by atoms with Crippen molar-refractivity contribution in [2.45, 2.75) is 26.4 Å². The van der Waals surface area contributed by atoms with Gasteiger partial charge in [0.1, 0.15) is 5.69 Å². The maximum Gasteiger partial charge on any atom is 0.310 e. The lowest BCUT2D eigenvalue weighted by Crippen LogP contribution is -2.27. The Bertz CT molecular complexity index is 1060. The van der Waals surface area contributed by atoms with Crippen molar-refractivity contribution in [3.63, 3.8) is 0 Å². The number of carbonyl (C=O) groups excluding carboxylic acids is 2. The first-order valence-electron chi connectivity index (χ1n) is 9.13. The molecule has 0 bridgehead atoms. The molecule has 0 saturated carbocycles. The number of nitrogens with two attached hydrogens (primary N) is 1. The van der Waals surface area contributed by atoms with Gasteiger partial charge in [0.2, 0.25) is 5.95 Å². The van der Waals surface area contributed by atoms with E-state index in [0.29, 0.717) is 30.6 Å². The number of carbonyl (C=O) groups is 2. The highest BCUT2D eigenvalue weighted by Crippen LogP contribution is 2.26. The number of benzene rings is 2. The molecule has 1 aliphatic rings. The minimum atomic E-state index is -0.318. The van der Waals surface area contributed by atoms with E-state index in [4.69, 9.17) is 10.5 Å². The summed E-state index contributed by atoms with van der Waals surface area (Å²) in [6, 6.07) is 13.3. The largest absolute Gasteiger partial charge is 0.466 e. The van der Waals surface area contributed by atoms with Crippen LogP contribution in [0.25, 0.3) is 10.9 Å². The number of nitrogen functional groups attached to an aromatic ring is 1. The number of hydrogen-bond acceptors (Lipinski definition) is 6. The number of ether oxygens (including phenoxy) is 1. The van der Waals surface area contributed by atoms with Gasteiger partial charge in [0, 0.05) is 18.5 Å². The Morgan fingerprint density at radius 1 is 1.11 bits per heavy atom. The first-order valence-corrected chi connectivity index (χ1v) is 9.13. The predicted octanol–water partition coefficient (Wildman–Crippen LogP) is 2.47. The van der Waals surface area contributed by atoms with Crippen molar-refractivity contribution in [1.82, 2.24) is 14.9 Å². The van der Waals surface area contributed by atoms with Crippen LogP contribution in [0.15, 0.2) is 42.5 Å². The van der Waals surface area contributed by atoms with E-state index in [1.165, 1.54) is 0 Å². The summed E-state index contributed by atoms with van der Waals surface area (Å²) < 4.78 is 5.01. The van der Waals surface area contributed by atoms with Gasteiger partial charge in [0.05, 0.1) is 18.5 Å². The van der Waals surface area contributed by atoms with Crippen molar-refractivity contribution < 1.29 is 14.3 Å². The molecule has 2 aromatic carbocycles. The average molecular weight is 376 g/mol. The fourth-order valence-electron chi connectivity index (χ4n) is 3.47. The first kappa shape index (κ1) is 17.9. The van der Waals surface area contributed by atoms with Crippen LogP contribution in [0.3, 0.4) is 0 Å². The van der Waals surface area contributed by atoms with Crippen LogP contribution in [0.5, 0.6) is 0 Å². The van der Waals surface area contributed by atoms with Gasteiger partial charge in [-0.25, -0.2) is 9.97 Å². The summed E-state index contributed by atoms with van der Waals surface area (Å²) >= 11 is 0. The molecule has 7 nitrogen and oxygen atoms in total. The number of fused-ring (bicyclic) bond motifs is 2. The molecule has 0 saturated heterocycles. The molecule has 0 aliphatic carbocycles. The lowest BCUT2D eigenvalue weighted by atomic mass is 10.1. The highest BCUT2D eigenvalue weighted by Gasteiger charge is 2.26. The van der Waals surface area contributed by atoms with Crippen molar-refractivity contribution in [3.05, 3.63) is 64.8 Å². The second kappa shape index (κ2) is 7.26. The van der Waals surface area contributed by atoms with E-state index in [0.717, 1.165) is 16.7 Å². The van der Waals surface area contributed by atoms with Gasteiger partial charge in [-0.1, -0.05) is 30.3 Å². The van der Waals surface area contributed by atoms with Gasteiger partial charge in [-0.3, -0.25) is 9.59 Å². The average Bonchev–Trinajstić information content (AvgIpc) is 3.11. The van der Waals surface area contributed by atoms with Crippen molar-refractivity contribution in [2.24, 2.45) is 0 Å². The van der Waals surface area contributed by atoms with E-state index < -0.39 is 0 Å². The summed E-state index contributed by atoms with van der Waals surface area (Å²) in [7, 11) is 0. The van der Waals surface area contributed by atoms with E-state index >= 15 is 0 Å². The molecule has 0 spiro atoms. The Morgan fingerprint density at radius 3 is 2.50 bits per heavy atom. The van der Waals surface area contributed by atoms with Gasteiger partial charge in [-0.2, -0.15) is 0 Å². The molecule has 2 heterocycles. The number of aromatic nitrogens is 2. The van der Waals surface area contributed by atoms with Gasteiger partial charge >= 0.3 is 5.97 Å². The predicted molar refractivity (Wildman–Crippen MR) is 104 cm³/mol. The first-order chi connectivity index (χ1) is 13.5. The molecule has 142 valence electrons. The maximum atomic E-state index is 13.2. The van der Waals surface area contributed by atoms with Gasteiger partial charge in [-0.15, -0.1) is 0 Å². The van der Waals surface area contributed by atoms with Gasteiger partial charge in [0.25, 0.3) is 5.91 Å². The summed E-state index contributed by atoms with van der Waals surface area (Å²) in [4.78, 5) is 35.2. The van der Waals surface area contributed by atoms with Crippen LogP contribution in [-0.4, -0.2) is 33.4 Å². The van der Waals surface area contributed by atoms with Crippen LogP contribution in [0, 0.1) is 0 Å².